The van der Waals surface area contributed by atoms with Crippen LogP contribution in [0.1, 0.15) is 36.6 Å². The van der Waals surface area contributed by atoms with Crippen LogP contribution in [0.15, 0.2) is 65.1 Å². The SMILES string of the molecule is [C-]#[N+]c1cc(F)c2c(oc3c(-c4ccc(C(C)C)c(C)[n+]4C)c(C)ccc32)c1-c1ccccc1. The van der Waals surface area contributed by atoms with Crippen LogP contribution in [0, 0.1) is 26.2 Å². The summed E-state index contributed by atoms with van der Waals surface area (Å²) in [4.78, 5) is 3.62. The molecule has 0 amide bonds. The molecule has 5 rings (SSSR count). The first-order valence-corrected chi connectivity index (χ1v) is 11.4. The fraction of sp³-hybridized carbons (Fsp3) is 0.200. The van der Waals surface area contributed by atoms with Crippen LogP contribution >= 0.6 is 0 Å². The van der Waals surface area contributed by atoms with Gasteiger partial charge in [0, 0.05) is 29.5 Å². The van der Waals surface area contributed by atoms with Gasteiger partial charge in [-0.3, -0.25) is 0 Å². The zero-order valence-corrected chi connectivity index (χ0v) is 20.0. The van der Waals surface area contributed by atoms with Crippen molar-refractivity contribution in [2.24, 2.45) is 7.05 Å². The Morgan fingerprint density at radius 1 is 0.941 bits per heavy atom. The van der Waals surface area contributed by atoms with E-state index in [9.17, 15) is 0 Å². The van der Waals surface area contributed by atoms with Crippen LogP contribution in [0.5, 0.6) is 0 Å². The molecule has 0 saturated carbocycles. The highest BCUT2D eigenvalue weighted by Gasteiger charge is 2.26. The third-order valence-corrected chi connectivity index (χ3v) is 6.82. The molecule has 0 spiro atoms. The lowest BCUT2D eigenvalue weighted by Gasteiger charge is -2.11. The Morgan fingerprint density at radius 3 is 2.35 bits per heavy atom. The van der Waals surface area contributed by atoms with E-state index in [1.54, 1.807) is 0 Å². The van der Waals surface area contributed by atoms with Gasteiger partial charge in [0.2, 0.25) is 11.4 Å². The molecule has 3 nitrogen and oxygen atoms in total. The predicted molar refractivity (Wildman–Crippen MR) is 136 cm³/mol. The normalized spacial score (nSPS) is 11.5. The van der Waals surface area contributed by atoms with Gasteiger partial charge in [0.1, 0.15) is 24.0 Å². The molecule has 0 aliphatic heterocycles. The maximum Gasteiger partial charge on any atom is 0.216 e. The first-order chi connectivity index (χ1) is 16.3. The zero-order chi connectivity index (χ0) is 24.1. The van der Waals surface area contributed by atoms with Crippen molar-refractivity contribution in [2.45, 2.75) is 33.6 Å². The summed E-state index contributed by atoms with van der Waals surface area (Å²) in [5.41, 5.74) is 8.24. The highest BCUT2D eigenvalue weighted by atomic mass is 19.1. The van der Waals surface area contributed by atoms with Crippen molar-refractivity contribution >= 4 is 27.6 Å². The van der Waals surface area contributed by atoms with E-state index >= 15 is 4.39 Å². The minimum Gasteiger partial charge on any atom is -0.456 e. The van der Waals surface area contributed by atoms with Crippen LogP contribution in [0.25, 0.3) is 49.2 Å². The highest BCUT2D eigenvalue weighted by Crippen LogP contribution is 2.45. The molecule has 5 aromatic rings. The van der Waals surface area contributed by atoms with Gasteiger partial charge in [-0.05, 0) is 36.1 Å². The van der Waals surface area contributed by atoms with Crippen LogP contribution in [0.4, 0.5) is 10.1 Å². The van der Waals surface area contributed by atoms with Gasteiger partial charge in [0.05, 0.1) is 17.5 Å². The Kier molecular flexibility index (Phi) is 5.21. The first-order valence-electron chi connectivity index (χ1n) is 11.4. The van der Waals surface area contributed by atoms with Crippen molar-refractivity contribution in [1.82, 2.24) is 0 Å². The second-order valence-corrected chi connectivity index (χ2v) is 9.14. The van der Waals surface area contributed by atoms with Crippen LogP contribution in [-0.4, -0.2) is 0 Å². The fourth-order valence-corrected chi connectivity index (χ4v) is 4.98. The van der Waals surface area contributed by atoms with E-state index < -0.39 is 5.82 Å². The van der Waals surface area contributed by atoms with Crippen molar-refractivity contribution in [3.63, 3.8) is 0 Å². The van der Waals surface area contributed by atoms with Crippen molar-refractivity contribution < 1.29 is 13.4 Å². The molecule has 0 radical (unpaired) electrons. The molecule has 0 aliphatic carbocycles. The Morgan fingerprint density at radius 2 is 1.68 bits per heavy atom. The van der Waals surface area contributed by atoms with Gasteiger partial charge in [-0.1, -0.05) is 56.3 Å². The molecule has 0 saturated heterocycles. The monoisotopic (exact) mass is 449 g/mol. The third kappa shape index (κ3) is 3.20. The molecule has 2 aromatic heterocycles. The number of fused-ring (bicyclic) bond motifs is 3. The van der Waals surface area contributed by atoms with Gasteiger partial charge >= 0.3 is 0 Å². The molecule has 168 valence electrons. The number of furan rings is 1. The smallest absolute Gasteiger partial charge is 0.216 e. The summed E-state index contributed by atoms with van der Waals surface area (Å²) >= 11 is 0. The summed E-state index contributed by atoms with van der Waals surface area (Å²) in [6.45, 7) is 16.2. The average Bonchev–Trinajstić information content (AvgIpc) is 3.21. The molecule has 0 N–H and O–H groups in total. The fourth-order valence-electron chi connectivity index (χ4n) is 4.98. The minimum absolute atomic E-state index is 0.246. The van der Waals surface area contributed by atoms with E-state index in [1.165, 1.54) is 17.3 Å². The molecule has 4 heteroatoms. The van der Waals surface area contributed by atoms with E-state index in [4.69, 9.17) is 11.0 Å². The molecule has 0 bridgehead atoms. The summed E-state index contributed by atoms with van der Waals surface area (Å²) in [5.74, 6) is -0.0251. The molecule has 34 heavy (non-hydrogen) atoms. The van der Waals surface area contributed by atoms with Crippen molar-refractivity contribution in [3.8, 4) is 22.4 Å². The number of halogens is 1. The summed E-state index contributed by atoms with van der Waals surface area (Å²) in [7, 11) is 2.06. The number of pyridine rings is 1. The van der Waals surface area contributed by atoms with Crippen LogP contribution in [0.3, 0.4) is 0 Å². The molecular formula is C30H26FN2O+. The average molecular weight is 450 g/mol. The largest absolute Gasteiger partial charge is 0.456 e. The number of benzene rings is 3. The predicted octanol–water partition coefficient (Wildman–Crippen LogP) is 8.17. The molecule has 0 unspecified atom stereocenters. The van der Waals surface area contributed by atoms with Gasteiger partial charge < -0.3 is 4.42 Å². The van der Waals surface area contributed by atoms with E-state index in [2.05, 4.69) is 49.4 Å². The van der Waals surface area contributed by atoms with Gasteiger partial charge in [-0.2, -0.15) is 4.57 Å². The second-order valence-electron chi connectivity index (χ2n) is 9.14. The maximum atomic E-state index is 15.4. The van der Waals surface area contributed by atoms with Crippen LogP contribution in [0.2, 0.25) is 0 Å². The Balaban J connectivity index is 1.92. The van der Waals surface area contributed by atoms with Crippen LogP contribution in [-0.2, 0) is 7.05 Å². The topological polar surface area (TPSA) is 21.4 Å². The zero-order valence-electron chi connectivity index (χ0n) is 20.0. The van der Waals surface area contributed by atoms with Crippen molar-refractivity contribution in [1.29, 1.82) is 0 Å². The number of aromatic nitrogens is 1. The van der Waals surface area contributed by atoms with Gasteiger partial charge in [-0.25, -0.2) is 9.24 Å². The number of hydrogen-bond donors (Lipinski definition) is 0. The second kappa shape index (κ2) is 8.11. The summed E-state index contributed by atoms with van der Waals surface area (Å²) in [6.07, 6.45) is 0. The van der Waals surface area contributed by atoms with E-state index in [1.807, 2.05) is 49.4 Å². The number of hydrogen-bond acceptors (Lipinski definition) is 1. The molecule has 3 aromatic carbocycles. The summed E-state index contributed by atoms with van der Waals surface area (Å²) in [6, 6.07) is 19.2. The molecule has 0 fully saturated rings. The van der Waals surface area contributed by atoms with Gasteiger partial charge in [0.25, 0.3) is 0 Å². The Bertz CT molecular complexity index is 1620. The number of aryl methyl sites for hydroxylation is 1. The standard InChI is InChI=1S/C30H26FN2O/c1-17(2)21-14-15-25(33(6)19(21)4)26-18(3)12-13-22-28-23(31)16-24(32-5)27(30(28)34-29(22)26)20-10-8-7-9-11-20/h7-17H,1-4,6H3/q+1. The first kappa shape index (κ1) is 21.9. The lowest BCUT2D eigenvalue weighted by Crippen LogP contribution is -2.36. The minimum atomic E-state index is -0.440. The number of rotatable bonds is 3. The van der Waals surface area contributed by atoms with Gasteiger partial charge in [-0.15, -0.1) is 0 Å². The van der Waals surface area contributed by atoms with Crippen LogP contribution < -0.4 is 4.57 Å². The summed E-state index contributed by atoms with van der Waals surface area (Å²) < 4.78 is 24.1. The quantitative estimate of drug-likeness (QED) is 0.201. The summed E-state index contributed by atoms with van der Waals surface area (Å²) in [5, 5.41) is 1.13. The number of nitrogens with zero attached hydrogens (tertiary/aromatic N) is 2. The Labute approximate surface area is 198 Å². The van der Waals surface area contributed by atoms with E-state index in [0.717, 1.165) is 22.4 Å². The molecule has 0 aliphatic rings. The molecule has 2 heterocycles. The highest BCUT2D eigenvalue weighted by molar-refractivity contribution is 6.15. The van der Waals surface area contributed by atoms with Crippen molar-refractivity contribution in [2.75, 3.05) is 0 Å². The molecule has 0 atom stereocenters. The van der Waals surface area contributed by atoms with E-state index in [0.29, 0.717) is 33.4 Å². The van der Waals surface area contributed by atoms with Crippen molar-refractivity contribution in [3.05, 3.63) is 94.7 Å². The molecular weight excluding hydrogens is 423 g/mol. The lowest BCUT2D eigenvalue weighted by molar-refractivity contribution is -0.667. The van der Waals surface area contributed by atoms with Gasteiger partial charge in [0.15, 0.2) is 5.69 Å². The lowest BCUT2D eigenvalue weighted by atomic mass is 9.96. The third-order valence-electron chi connectivity index (χ3n) is 6.82. The Hall–Kier alpha value is -3.97. The maximum absolute atomic E-state index is 15.4. The van der Waals surface area contributed by atoms with E-state index in [-0.39, 0.29) is 5.69 Å².